The van der Waals surface area contributed by atoms with Crippen LogP contribution in [0.25, 0.3) is 11.0 Å². The van der Waals surface area contributed by atoms with Gasteiger partial charge in [0.25, 0.3) is 5.91 Å². The average molecular weight is 481 g/mol. The SMILES string of the molecule is O=C(C1=NN(Cc2ccccc2)C(=O)CC1)N1CCN(S(=O)(=O)c2c[nH]c3ncccc23)CC1. The van der Waals surface area contributed by atoms with Crippen molar-refractivity contribution in [2.24, 2.45) is 5.10 Å². The Morgan fingerprint density at radius 3 is 2.53 bits per heavy atom. The van der Waals surface area contributed by atoms with Crippen LogP contribution in [0.3, 0.4) is 0 Å². The van der Waals surface area contributed by atoms with Crippen LogP contribution in [0.15, 0.2) is 64.9 Å². The topological polar surface area (TPSA) is 119 Å². The first-order valence-electron chi connectivity index (χ1n) is 11.1. The summed E-state index contributed by atoms with van der Waals surface area (Å²) in [7, 11) is -3.73. The van der Waals surface area contributed by atoms with Crippen molar-refractivity contribution in [3.63, 3.8) is 0 Å². The Labute approximate surface area is 196 Å². The number of fused-ring (bicyclic) bond motifs is 1. The van der Waals surface area contributed by atoms with Gasteiger partial charge in [0, 0.05) is 56.8 Å². The minimum absolute atomic E-state index is 0.121. The predicted molar refractivity (Wildman–Crippen MR) is 125 cm³/mol. The first-order valence-corrected chi connectivity index (χ1v) is 12.5. The molecule has 0 atom stereocenters. The molecular formula is C23H24N6O4S. The summed E-state index contributed by atoms with van der Waals surface area (Å²) in [6, 6.07) is 12.9. The molecule has 2 aliphatic heterocycles. The highest BCUT2D eigenvalue weighted by Gasteiger charge is 2.34. The van der Waals surface area contributed by atoms with Crippen LogP contribution in [-0.4, -0.2) is 76.3 Å². The molecule has 5 rings (SSSR count). The lowest BCUT2D eigenvalue weighted by atomic mass is 10.1. The van der Waals surface area contributed by atoms with Crippen LogP contribution in [0.2, 0.25) is 0 Å². The highest BCUT2D eigenvalue weighted by atomic mass is 32.2. The summed E-state index contributed by atoms with van der Waals surface area (Å²) in [5.74, 6) is -0.372. The molecule has 0 bridgehead atoms. The zero-order chi connectivity index (χ0) is 23.7. The number of sulfonamides is 1. The molecular weight excluding hydrogens is 456 g/mol. The molecule has 3 aromatic rings. The van der Waals surface area contributed by atoms with Gasteiger partial charge >= 0.3 is 0 Å². The van der Waals surface area contributed by atoms with Crippen LogP contribution >= 0.6 is 0 Å². The molecule has 1 fully saturated rings. The summed E-state index contributed by atoms with van der Waals surface area (Å²) in [5, 5.41) is 6.23. The molecule has 2 aromatic heterocycles. The number of hydrazone groups is 1. The lowest BCUT2D eigenvalue weighted by Gasteiger charge is -2.34. The number of benzene rings is 1. The summed E-state index contributed by atoms with van der Waals surface area (Å²) >= 11 is 0. The van der Waals surface area contributed by atoms with Crippen molar-refractivity contribution in [2.75, 3.05) is 26.2 Å². The van der Waals surface area contributed by atoms with Crippen molar-refractivity contribution >= 4 is 38.6 Å². The van der Waals surface area contributed by atoms with Crippen molar-refractivity contribution < 1.29 is 18.0 Å². The van der Waals surface area contributed by atoms with E-state index in [1.165, 1.54) is 15.5 Å². The Kier molecular flexibility index (Phi) is 5.88. The Bertz CT molecular complexity index is 1360. The van der Waals surface area contributed by atoms with Crippen molar-refractivity contribution in [2.45, 2.75) is 24.3 Å². The number of aromatic nitrogens is 2. The molecule has 0 unspecified atom stereocenters. The molecule has 1 N–H and O–H groups in total. The third-order valence-electron chi connectivity index (χ3n) is 6.08. The molecule has 1 aromatic carbocycles. The maximum Gasteiger partial charge on any atom is 0.270 e. The smallest absolute Gasteiger partial charge is 0.270 e. The van der Waals surface area contributed by atoms with Gasteiger partial charge in [0.05, 0.1) is 6.54 Å². The van der Waals surface area contributed by atoms with Crippen LogP contribution in [0, 0.1) is 0 Å². The number of hydrogen-bond donors (Lipinski definition) is 1. The van der Waals surface area contributed by atoms with Gasteiger partial charge in [-0.1, -0.05) is 30.3 Å². The molecule has 0 spiro atoms. The number of nitrogens with zero attached hydrogens (tertiary/aromatic N) is 5. The van der Waals surface area contributed by atoms with E-state index in [4.69, 9.17) is 0 Å². The van der Waals surface area contributed by atoms with Gasteiger partial charge in [-0.25, -0.2) is 18.4 Å². The molecule has 0 aliphatic carbocycles. The van der Waals surface area contributed by atoms with Gasteiger partial charge in [0.1, 0.15) is 16.3 Å². The molecule has 2 aliphatic rings. The number of hydrogen-bond acceptors (Lipinski definition) is 6. The largest absolute Gasteiger partial charge is 0.345 e. The second-order valence-electron chi connectivity index (χ2n) is 8.23. The Morgan fingerprint density at radius 2 is 1.76 bits per heavy atom. The zero-order valence-corrected chi connectivity index (χ0v) is 19.2. The van der Waals surface area contributed by atoms with Gasteiger partial charge in [-0.05, 0) is 17.7 Å². The molecule has 0 radical (unpaired) electrons. The highest BCUT2D eigenvalue weighted by molar-refractivity contribution is 7.89. The molecule has 11 heteroatoms. The number of rotatable bonds is 5. The lowest BCUT2D eigenvalue weighted by Crippen LogP contribution is -2.52. The molecule has 176 valence electrons. The number of carbonyl (C=O) groups excluding carboxylic acids is 2. The summed E-state index contributed by atoms with van der Waals surface area (Å²) in [6.07, 6.45) is 3.56. The minimum atomic E-state index is -3.73. The number of nitrogens with one attached hydrogen (secondary N) is 1. The van der Waals surface area contributed by atoms with Crippen LogP contribution in [0.1, 0.15) is 18.4 Å². The minimum Gasteiger partial charge on any atom is -0.345 e. The fourth-order valence-electron chi connectivity index (χ4n) is 4.23. The van der Waals surface area contributed by atoms with Gasteiger partial charge in [0.2, 0.25) is 15.9 Å². The molecule has 4 heterocycles. The second kappa shape index (κ2) is 8.99. The van der Waals surface area contributed by atoms with Crippen molar-refractivity contribution in [3.05, 3.63) is 60.4 Å². The molecule has 2 amide bonds. The zero-order valence-electron chi connectivity index (χ0n) is 18.4. The van der Waals surface area contributed by atoms with Gasteiger partial charge in [-0.3, -0.25) is 9.59 Å². The summed E-state index contributed by atoms with van der Waals surface area (Å²) in [5.41, 5.74) is 1.77. The van der Waals surface area contributed by atoms with Crippen molar-refractivity contribution in [3.8, 4) is 0 Å². The van der Waals surface area contributed by atoms with Gasteiger partial charge in [0.15, 0.2) is 0 Å². The molecule has 10 nitrogen and oxygen atoms in total. The van der Waals surface area contributed by atoms with E-state index in [0.717, 1.165) is 5.56 Å². The first kappa shape index (κ1) is 22.2. The van der Waals surface area contributed by atoms with Gasteiger partial charge < -0.3 is 9.88 Å². The van der Waals surface area contributed by atoms with Crippen LogP contribution in [0.4, 0.5) is 0 Å². The monoisotopic (exact) mass is 480 g/mol. The average Bonchev–Trinajstić information content (AvgIpc) is 3.31. The van der Waals surface area contributed by atoms with E-state index in [1.54, 1.807) is 23.2 Å². The molecule has 1 saturated heterocycles. The van der Waals surface area contributed by atoms with Crippen LogP contribution < -0.4 is 0 Å². The molecule has 0 saturated carbocycles. The van der Waals surface area contributed by atoms with E-state index in [2.05, 4.69) is 15.1 Å². The standard InChI is InChI=1S/C23H24N6O4S/c30-21-9-8-19(26-29(21)16-17-5-2-1-3-6-17)23(31)27-11-13-28(14-12-27)34(32,33)20-15-25-22-18(20)7-4-10-24-22/h1-7,10,15H,8-9,11-14,16H2,(H,24,25). The highest BCUT2D eigenvalue weighted by Crippen LogP contribution is 2.25. The van der Waals surface area contributed by atoms with Crippen LogP contribution in [-0.2, 0) is 26.2 Å². The Morgan fingerprint density at radius 1 is 1.00 bits per heavy atom. The van der Waals surface area contributed by atoms with Gasteiger partial charge in [-0.15, -0.1) is 0 Å². The number of amides is 2. The maximum absolute atomic E-state index is 13.2. The second-order valence-corrected chi connectivity index (χ2v) is 10.1. The Hall–Kier alpha value is -3.57. The quantitative estimate of drug-likeness (QED) is 0.595. The summed E-state index contributed by atoms with van der Waals surface area (Å²) in [4.78, 5) is 34.3. The molecule has 34 heavy (non-hydrogen) atoms. The number of H-pyrrole nitrogens is 1. The van der Waals surface area contributed by atoms with E-state index in [9.17, 15) is 18.0 Å². The summed E-state index contributed by atoms with van der Waals surface area (Å²) in [6.45, 7) is 1.18. The number of pyridine rings is 1. The van der Waals surface area contributed by atoms with E-state index in [1.807, 2.05) is 30.3 Å². The van der Waals surface area contributed by atoms with Crippen LogP contribution in [0.5, 0.6) is 0 Å². The first-order chi connectivity index (χ1) is 16.4. The third-order valence-corrected chi connectivity index (χ3v) is 8.02. The number of carbonyl (C=O) groups is 2. The van der Waals surface area contributed by atoms with E-state index in [-0.39, 0.29) is 55.7 Å². The Balaban J connectivity index is 1.26. The fraction of sp³-hybridized carbons (Fsp3) is 0.304. The normalized spacial score (nSPS) is 17.8. The summed E-state index contributed by atoms with van der Waals surface area (Å²) < 4.78 is 27.8. The van der Waals surface area contributed by atoms with Gasteiger partial charge in [-0.2, -0.15) is 9.41 Å². The third kappa shape index (κ3) is 4.19. The number of piperazine rings is 1. The fourth-order valence-corrected chi connectivity index (χ4v) is 5.81. The van der Waals surface area contributed by atoms with E-state index in [0.29, 0.717) is 23.3 Å². The predicted octanol–water partition coefficient (Wildman–Crippen LogP) is 1.57. The van der Waals surface area contributed by atoms with Crippen molar-refractivity contribution in [1.29, 1.82) is 0 Å². The maximum atomic E-state index is 13.2. The van der Waals surface area contributed by atoms with E-state index < -0.39 is 10.0 Å². The number of aromatic amines is 1. The van der Waals surface area contributed by atoms with Crippen molar-refractivity contribution in [1.82, 2.24) is 24.2 Å². The van der Waals surface area contributed by atoms with E-state index >= 15 is 0 Å². The lowest BCUT2D eigenvalue weighted by molar-refractivity contribution is -0.132.